The maximum atomic E-state index is 12.7. The zero-order valence-electron chi connectivity index (χ0n) is 14.9. The van der Waals surface area contributed by atoms with E-state index in [-0.39, 0.29) is 23.3 Å². The molecule has 0 aliphatic heterocycles. The molecular formula is C21H17N5O2. The van der Waals surface area contributed by atoms with E-state index in [1.807, 2.05) is 30.3 Å². The topological polar surface area (TPSA) is 88.4 Å². The van der Waals surface area contributed by atoms with Gasteiger partial charge in [0.15, 0.2) is 5.69 Å². The number of carbonyl (C=O) groups excluding carboxylic acids is 2. The second-order valence-corrected chi connectivity index (χ2v) is 6.10. The highest BCUT2D eigenvalue weighted by atomic mass is 16.2. The van der Waals surface area contributed by atoms with E-state index in [0.29, 0.717) is 17.7 Å². The van der Waals surface area contributed by atoms with Gasteiger partial charge in [-0.15, -0.1) is 0 Å². The largest absolute Gasteiger partial charge is 0.347 e. The molecule has 0 aliphatic rings. The summed E-state index contributed by atoms with van der Waals surface area (Å²) in [5.41, 5.74) is 2.35. The molecule has 0 unspecified atom stereocenters. The lowest BCUT2D eigenvalue weighted by Gasteiger charge is -2.03. The SMILES string of the molecule is O=C(NCc1ccncc1)c1nc(C(=O)Nc2ccccc2)n2ccccc12. The number of imidazole rings is 1. The van der Waals surface area contributed by atoms with E-state index in [1.165, 1.54) is 0 Å². The van der Waals surface area contributed by atoms with Crippen LogP contribution in [0, 0.1) is 0 Å². The summed E-state index contributed by atoms with van der Waals surface area (Å²) in [6.45, 7) is 0.346. The van der Waals surface area contributed by atoms with Crippen LogP contribution in [-0.2, 0) is 6.54 Å². The van der Waals surface area contributed by atoms with E-state index < -0.39 is 0 Å². The van der Waals surface area contributed by atoms with Gasteiger partial charge in [0, 0.05) is 30.8 Å². The van der Waals surface area contributed by atoms with Crippen molar-refractivity contribution < 1.29 is 9.59 Å². The Hall–Kier alpha value is -4.00. The Labute approximate surface area is 161 Å². The van der Waals surface area contributed by atoms with Gasteiger partial charge in [0.2, 0.25) is 5.82 Å². The predicted molar refractivity (Wildman–Crippen MR) is 105 cm³/mol. The number of amides is 2. The summed E-state index contributed by atoms with van der Waals surface area (Å²) in [5.74, 6) is -0.589. The Kier molecular flexibility index (Phi) is 4.79. The molecule has 0 aliphatic carbocycles. The van der Waals surface area contributed by atoms with E-state index in [1.54, 1.807) is 53.3 Å². The molecule has 1 aromatic carbocycles. The third kappa shape index (κ3) is 3.59. The minimum atomic E-state index is -0.388. The molecule has 4 rings (SSSR count). The van der Waals surface area contributed by atoms with Crippen LogP contribution in [0.25, 0.3) is 5.52 Å². The number of pyridine rings is 2. The number of benzene rings is 1. The molecule has 0 saturated carbocycles. The van der Waals surface area contributed by atoms with Gasteiger partial charge in [0.25, 0.3) is 11.8 Å². The lowest BCUT2D eigenvalue weighted by Crippen LogP contribution is -2.23. The van der Waals surface area contributed by atoms with Crippen LogP contribution in [-0.4, -0.2) is 26.2 Å². The zero-order chi connectivity index (χ0) is 19.3. The number of hydrogen-bond acceptors (Lipinski definition) is 4. The average Bonchev–Trinajstić information content (AvgIpc) is 3.13. The first kappa shape index (κ1) is 17.4. The maximum absolute atomic E-state index is 12.7. The summed E-state index contributed by atoms with van der Waals surface area (Å²) < 4.78 is 1.61. The van der Waals surface area contributed by atoms with Crippen molar-refractivity contribution in [1.29, 1.82) is 0 Å². The second-order valence-electron chi connectivity index (χ2n) is 6.10. The van der Waals surface area contributed by atoms with E-state index in [4.69, 9.17) is 0 Å². The van der Waals surface area contributed by atoms with Gasteiger partial charge in [-0.1, -0.05) is 24.3 Å². The molecule has 0 bridgehead atoms. The monoisotopic (exact) mass is 371 g/mol. The maximum Gasteiger partial charge on any atom is 0.292 e. The van der Waals surface area contributed by atoms with Gasteiger partial charge >= 0.3 is 0 Å². The van der Waals surface area contributed by atoms with Crippen molar-refractivity contribution in [1.82, 2.24) is 19.7 Å². The van der Waals surface area contributed by atoms with Crippen molar-refractivity contribution in [2.24, 2.45) is 0 Å². The van der Waals surface area contributed by atoms with Crippen LogP contribution in [0.15, 0.2) is 79.3 Å². The van der Waals surface area contributed by atoms with Gasteiger partial charge in [0.05, 0.1) is 5.52 Å². The quantitative estimate of drug-likeness (QED) is 0.565. The minimum absolute atomic E-state index is 0.147. The van der Waals surface area contributed by atoms with Gasteiger partial charge in [-0.25, -0.2) is 4.98 Å². The Morgan fingerprint density at radius 2 is 1.64 bits per heavy atom. The van der Waals surface area contributed by atoms with Crippen molar-refractivity contribution in [2.75, 3.05) is 5.32 Å². The molecule has 3 heterocycles. The lowest BCUT2D eigenvalue weighted by atomic mass is 10.2. The Morgan fingerprint density at radius 3 is 2.43 bits per heavy atom. The van der Waals surface area contributed by atoms with Gasteiger partial charge < -0.3 is 10.6 Å². The number of para-hydroxylation sites is 1. The molecule has 0 saturated heterocycles. The molecule has 0 fully saturated rings. The minimum Gasteiger partial charge on any atom is -0.347 e. The Morgan fingerprint density at radius 1 is 0.893 bits per heavy atom. The number of aromatic nitrogens is 3. The van der Waals surface area contributed by atoms with E-state index >= 15 is 0 Å². The first-order valence-electron chi connectivity index (χ1n) is 8.73. The van der Waals surface area contributed by atoms with E-state index in [9.17, 15) is 9.59 Å². The van der Waals surface area contributed by atoms with Crippen LogP contribution in [0.5, 0.6) is 0 Å². The van der Waals surface area contributed by atoms with Crippen LogP contribution in [0.2, 0.25) is 0 Å². The molecule has 28 heavy (non-hydrogen) atoms. The lowest BCUT2D eigenvalue weighted by molar-refractivity contribution is 0.0948. The predicted octanol–water partition coefficient (Wildman–Crippen LogP) is 2.91. The van der Waals surface area contributed by atoms with Crippen LogP contribution in [0.1, 0.15) is 26.7 Å². The summed E-state index contributed by atoms with van der Waals surface area (Å²) in [7, 11) is 0. The summed E-state index contributed by atoms with van der Waals surface area (Å²) in [5, 5.41) is 5.63. The fraction of sp³-hybridized carbons (Fsp3) is 0.0476. The third-order valence-corrected chi connectivity index (χ3v) is 4.20. The number of carbonyl (C=O) groups is 2. The van der Waals surface area contributed by atoms with Crippen molar-refractivity contribution in [2.45, 2.75) is 6.54 Å². The van der Waals surface area contributed by atoms with Crippen LogP contribution in [0.4, 0.5) is 5.69 Å². The first-order valence-corrected chi connectivity index (χ1v) is 8.73. The molecular weight excluding hydrogens is 354 g/mol. The fourth-order valence-electron chi connectivity index (χ4n) is 2.84. The normalized spacial score (nSPS) is 10.6. The van der Waals surface area contributed by atoms with Gasteiger partial charge in [-0.05, 0) is 42.0 Å². The molecule has 4 aromatic rings. The van der Waals surface area contributed by atoms with Gasteiger partial charge in [-0.3, -0.25) is 19.0 Å². The standard InChI is InChI=1S/C21H17N5O2/c27-20(23-14-15-9-11-22-12-10-15)18-17-8-4-5-13-26(17)19(25-18)21(28)24-16-6-2-1-3-7-16/h1-13H,14H2,(H,23,27)(H,24,28). The molecule has 138 valence electrons. The van der Waals surface area contributed by atoms with E-state index in [2.05, 4.69) is 20.6 Å². The molecule has 0 atom stereocenters. The summed E-state index contributed by atoms with van der Waals surface area (Å²) in [6, 6.07) is 18.1. The van der Waals surface area contributed by atoms with Crippen LogP contribution >= 0.6 is 0 Å². The van der Waals surface area contributed by atoms with Crippen molar-refractivity contribution in [3.05, 3.63) is 96.3 Å². The van der Waals surface area contributed by atoms with Gasteiger partial charge in [0.1, 0.15) is 0 Å². The fourth-order valence-corrected chi connectivity index (χ4v) is 2.84. The first-order chi connectivity index (χ1) is 13.7. The number of nitrogens with one attached hydrogen (secondary N) is 2. The average molecular weight is 371 g/mol. The number of fused-ring (bicyclic) bond motifs is 1. The van der Waals surface area contributed by atoms with Crippen LogP contribution in [0.3, 0.4) is 0 Å². The molecule has 2 N–H and O–H groups in total. The third-order valence-electron chi connectivity index (χ3n) is 4.20. The van der Waals surface area contributed by atoms with Crippen LogP contribution < -0.4 is 10.6 Å². The summed E-state index contributed by atoms with van der Waals surface area (Å²) in [6.07, 6.45) is 5.04. The number of nitrogens with zero attached hydrogens (tertiary/aromatic N) is 3. The molecule has 0 spiro atoms. The second kappa shape index (κ2) is 7.71. The summed E-state index contributed by atoms with van der Waals surface area (Å²) in [4.78, 5) is 33.7. The molecule has 0 radical (unpaired) electrons. The Balaban J connectivity index is 1.61. The summed E-state index contributed by atoms with van der Waals surface area (Å²) >= 11 is 0. The number of hydrogen-bond donors (Lipinski definition) is 2. The molecule has 3 aromatic heterocycles. The van der Waals surface area contributed by atoms with Gasteiger partial charge in [-0.2, -0.15) is 0 Å². The van der Waals surface area contributed by atoms with Crippen molar-refractivity contribution in [3.8, 4) is 0 Å². The highest BCUT2D eigenvalue weighted by Crippen LogP contribution is 2.15. The molecule has 2 amide bonds. The number of rotatable bonds is 5. The van der Waals surface area contributed by atoms with E-state index in [0.717, 1.165) is 5.56 Å². The molecule has 7 heteroatoms. The molecule has 7 nitrogen and oxygen atoms in total. The zero-order valence-corrected chi connectivity index (χ0v) is 14.9. The van der Waals surface area contributed by atoms with Crippen molar-refractivity contribution in [3.63, 3.8) is 0 Å². The number of anilines is 1. The highest BCUT2D eigenvalue weighted by Gasteiger charge is 2.21. The smallest absolute Gasteiger partial charge is 0.292 e. The Bertz CT molecular complexity index is 1120. The highest BCUT2D eigenvalue weighted by molar-refractivity contribution is 6.06. The van der Waals surface area contributed by atoms with Crippen molar-refractivity contribution >= 4 is 23.0 Å².